The van der Waals surface area contributed by atoms with Gasteiger partial charge in [-0.2, -0.15) is 0 Å². The van der Waals surface area contributed by atoms with Crippen molar-refractivity contribution in [2.75, 3.05) is 13.2 Å². The molecule has 0 aliphatic carbocycles. The molecule has 0 aromatic heterocycles. The molecule has 76 valence electrons. The van der Waals surface area contributed by atoms with Crippen molar-refractivity contribution in [3.63, 3.8) is 0 Å². The second-order valence-electron chi connectivity index (χ2n) is 3.19. The molecular weight excluding hydrogens is 170 g/mol. The number of hydrogen-bond acceptors (Lipinski definition) is 3. The molecule has 0 aliphatic rings. The van der Waals surface area contributed by atoms with E-state index in [0.717, 1.165) is 0 Å². The molecule has 0 unspecified atom stereocenters. The van der Waals surface area contributed by atoms with Crippen molar-refractivity contribution in [3.8, 4) is 0 Å². The molecule has 1 amide bonds. The largest absolute Gasteiger partial charge is 0.395 e. The summed E-state index contributed by atoms with van der Waals surface area (Å²) in [6.07, 6.45) is 0.506. The maximum absolute atomic E-state index is 11.1. The minimum absolute atomic E-state index is 0.00866. The van der Waals surface area contributed by atoms with Crippen LogP contribution in [-0.4, -0.2) is 29.9 Å². The zero-order valence-electron chi connectivity index (χ0n) is 8.17. The molecule has 0 rings (SSSR count). The van der Waals surface area contributed by atoms with E-state index in [-0.39, 0.29) is 43.6 Å². The quantitative estimate of drug-likeness (QED) is 0.619. The lowest BCUT2D eigenvalue weighted by molar-refractivity contribution is -0.126. The summed E-state index contributed by atoms with van der Waals surface area (Å²) in [6.45, 7) is 3.82. The first-order chi connectivity index (χ1) is 6.07. The molecule has 0 bridgehead atoms. The number of nitrogens with one attached hydrogen (secondary N) is 1. The number of carbonyl (C=O) groups excluding carboxylic acids is 2. The van der Waals surface area contributed by atoms with Crippen LogP contribution < -0.4 is 5.32 Å². The Balaban J connectivity index is 3.52. The molecule has 0 spiro atoms. The van der Waals surface area contributed by atoms with E-state index in [9.17, 15) is 9.59 Å². The first-order valence-electron chi connectivity index (χ1n) is 4.48. The summed E-state index contributed by atoms with van der Waals surface area (Å²) in [5.74, 6) is -0.0900. The van der Waals surface area contributed by atoms with E-state index < -0.39 is 0 Å². The van der Waals surface area contributed by atoms with Crippen molar-refractivity contribution >= 4 is 11.7 Å². The van der Waals surface area contributed by atoms with Crippen LogP contribution in [0.3, 0.4) is 0 Å². The lowest BCUT2D eigenvalue weighted by Crippen LogP contribution is -2.27. The summed E-state index contributed by atoms with van der Waals surface area (Å²) in [4.78, 5) is 22.0. The van der Waals surface area contributed by atoms with Gasteiger partial charge in [-0.3, -0.25) is 9.59 Å². The van der Waals surface area contributed by atoms with Crippen molar-refractivity contribution in [2.45, 2.75) is 26.7 Å². The second kappa shape index (κ2) is 6.60. The number of amides is 1. The molecule has 0 saturated carbocycles. The summed E-state index contributed by atoms with van der Waals surface area (Å²) < 4.78 is 0. The van der Waals surface area contributed by atoms with Gasteiger partial charge in [-0.1, -0.05) is 13.8 Å². The molecule has 0 aromatic rings. The predicted octanol–water partition coefficient (Wildman–Crippen LogP) is 0.100. The normalized spacial score (nSPS) is 10.2. The summed E-state index contributed by atoms with van der Waals surface area (Å²) in [5.41, 5.74) is 0. The average Bonchev–Trinajstić information content (AvgIpc) is 2.10. The maximum Gasteiger partial charge on any atom is 0.220 e. The zero-order chi connectivity index (χ0) is 10.3. The van der Waals surface area contributed by atoms with Gasteiger partial charge in [0.2, 0.25) is 5.91 Å². The fourth-order valence-electron chi connectivity index (χ4n) is 0.809. The average molecular weight is 187 g/mol. The molecule has 0 aromatic carbocycles. The number of Topliss-reactive ketones (excluding diaryl/α,β-unsaturated/α-hetero) is 1. The van der Waals surface area contributed by atoms with Gasteiger partial charge in [0, 0.05) is 25.3 Å². The molecule has 2 N–H and O–H groups in total. The third-order valence-corrected chi connectivity index (χ3v) is 1.68. The smallest absolute Gasteiger partial charge is 0.220 e. The van der Waals surface area contributed by atoms with E-state index in [1.807, 2.05) is 13.8 Å². The second-order valence-corrected chi connectivity index (χ2v) is 3.19. The van der Waals surface area contributed by atoms with Gasteiger partial charge >= 0.3 is 0 Å². The Morgan fingerprint density at radius 3 is 2.38 bits per heavy atom. The standard InChI is InChI=1S/C9H17NO3/c1-7(2)8(12)3-4-9(13)10-5-6-11/h7,11H,3-6H2,1-2H3,(H,10,13). The van der Waals surface area contributed by atoms with Gasteiger partial charge < -0.3 is 10.4 Å². The molecule has 0 radical (unpaired) electrons. The van der Waals surface area contributed by atoms with Crippen LogP contribution in [0.4, 0.5) is 0 Å². The topological polar surface area (TPSA) is 66.4 Å². The van der Waals surface area contributed by atoms with Crippen LogP contribution in [0.1, 0.15) is 26.7 Å². The first-order valence-corrected chi connectivity index (χ1v) is 4.48. The summed E-state index contributed by atoms with van der Waals surface area (Å²) in [5, 5.41) is 10.9. The monoisotopic (exact) mass is 187 g/mol. The zero-order valence-corrected chi connectivity index (χ0v) is 8.17. The molecular formula is C9H17NO3. The van der Waals surface area contributed by atoms with E-state index in [4.69, 9.17) is 5.11 Å². The van der Waals surface area contributed by atoms with Crippen molar-refractivity contribution in [2.24, 2.45) is 5.92 Å². The molecule has 4 heteroatoms. The van der Waals surface area contributed by atoms with Crippen LogP contribution in [0.2, 0.25) is 0 Å². The van der Waals surface area contributed by atoms with Crippen molar-refractivity contribution in [1.82, 2.24) is 5.32 Å². The molecule has 13 heavy (non-hydrogen) atoms. The van der Waals surface area contributed by atoms with Gasteiger partial charge in [0.25, 0.3) is 0 Å². The SMILES string of the molecule is CC(C)C(=O)CCC(=O)NCCO. The van der Waals surface area contributed by atoms with E-state index in [2.05, 4.69) is 5.32 Å². The Hall–Kier alpha value is -0.900. The van der Waals surface area contributed by atoms with Crippen LogP contribution in [0.5, 0.6) is 0 Å². The number of aliphatic hydroxyl groups excluding tert-OH is 1. The number of rotatable bonds is 6. The Kier molecular flexibility index (Phi) is 6.14. The summed E-state index contributed by atoms with van der Waals surface area (Å²) in [6, 6.07) is 0. The van der Waals surface area contributed by atoms with Gasteiger partial charge in [0.15, 0.2) is 0 Å². The molecule has 0 atom stereocenters. The minimum atomic E-state index is -0.178. The van der Waals surface area contributed by atoms with Crippen LogP contribution in [0.25, 0.3) is 0 Å². The third kappa shape index (κ3) is 6.28. The van der Waals surface area contributed by atoms with E-state index in [1.165, 1.54) is 0 Å². The van der Waals surface area contributed by atoms with E-state index in [1.54, 1.807) is 0 Å². The van der Waals surface area contributed by atoms with Gasteiger partial charge in [0.05, 0.1) is 6.61 Å². The number of hydrogen-bond donors (Lipinski definition) is 2. The Bertz CT molecular complexity index is 178. The van der Waals surface area contributed by atoms with Gasteiger partial charge in [0.1, 0.15) is 5.78 Å². The van der Waals surface area contributed by atoms with Crippen molar-refractivity contribution < 1.29 is 14.7 Å². The lowest BCUT2D eigenvalue weighted by Gasteiger charge is -2.04. The van der Waals surface area contributed by atoms with Crippen LogP contribution in [-0.2, 0) is 9.59 Å². The first kappa shape index (κ1) is 12.1. The van der Waals surface area contributed by atoms with E-state index in [0.29, 0.717) is 0 Å². The number of ketones is 1. The Labute approximate surface area is 78.3 Å². The van der Waals surface area contributed by atoms with E-state index >= 15 is 0 Å². The molecule has 4 nitrogen and oxygen atoms in total. The highest BCUT2D eigenvalue weighted by atomic mass is 16.3. The molecule has 0 heterocycles. The fraction of sp³-hybridized carbons (Fsp3) is 0.778. The van der Waals surface area contributed by atoms with Crippen LogP contribution >= 0.6 is 0 Å². The summed E-state index contributed by atoms with van der Waals surface area (Å²) in [7, 11) is 0. The Morgan fingerprint density at radius 1 is 1.31 bits per heavy atom. The Morgan fingerprint density at radius 2 is 1.92 bits per heavy atom. The summed E-state index contributed by atoms with van der Waals surface area (Å²) >= 11 is 0. The molecule has 0 saturated heterocycles. The van der Waals surface area contributed by atoms with Crippen molar-refractivity contribution in [3.05, 3.63) is 0 Å². The highest BCUT2D eigenvalue weighted by Crippen LogP contribution is 2.01. The number of aliphatic hydroxyl groups is 1. The van der Waals surface area contributed by atoms with Crippen LogP contribution in [0, 0.1) is 5.92 Å². The fourth-order valence-corrected chi connectivity index (χ4v) is 0.809. The van der Waals surface area contributed by atoms with Crippen molar-refractivity contribution in [1.29, 1.82) is 0 Å². The lowest BCUT2D eigenvalue weighted by atomic mass is 10.0. The highest BCUT2D eigenvalue weighted by Gasteiger charge is 2.09. The molecule has 0 fully saturated rings. The number of carbonyl (C=O) groups is 2. The van der Waals surface area contributed by atoms with Gasteiger partial charge in [-0.15, -0.1) is 0 Å². The van der Waals surface area contributed by atoms with Gasteiger partial charge in [-0.25, -0.2) is 0 Å². The predicted molar refractivity (Wildman–Crippen MR) is 49.2 cm³/mol. The highest BCUT2D eigenvalue weighted by molar-refractivity contribution is 5.85. The third-order valence-electron chi connectivity index (χ3n) is 1.68. The van der Waals surface area contributed by atoms with Gasteiger partial charge in [-0.05, 0) is 0 Å². The maximum atomic E-state index is 11.1. The molecule has 0 aliphatic heterocycles. The minimum Gasteiger partial charge on any atom is -0.395 e. The van der Waals surface area contributed by atoms with Crippen LogP contribution in [0.15, 0.2) is 0 Å².